The third-order valence-electron chi connectivity index (χ3n) is 2.36. The van der Waals surface area contributed by atoms with Crippen molar-refractivity contribution in [1.29, 1.82) is 0 Å². The van der Waals surface area contributed by atoms with Crippen LogP contribution in [0.4, 0.5) is 0 Å². The molecule has 0 aromatic rings. The first kappa shape index (κ1) is 14.5. The van der Waals surface area contributed by atoms with E-state index < -0.39 is 6.29 Å². The van der Waals surface area contributed by atoms with Crippen molar-refractivity contribution in [2.75, 3.05) is 6.61 Å². The molecule has 90 valence electrons. The lowest BCUT2D eigenvalue weighted by Gasteiger charge is -2.08. The largest absolute Gasteiger partial charge is 0.473 e. The van der Waals surface area contributed by atoms with E-state index in [0.717, 1.165) is 25.7 Å². The maximum Gasteiger partial charge on any atom is 0.196 e. The predicted molar refractivity (Wildman–Crippen MR) is 61.3 cm³/mol. The van der Waals surface area contributed by atoms with E-state index in [-0.39, 0.29) is 0 Å². The van der Waals surface area contributed by atoms with E-state index in [1.54, 1.807) is 0 Å². The zero-order valence-corrected chi connectivity index (χ0v) is 9.53. The molecular weight excluding hydrogens is 192 g/mol. The van der Waals surface area contributed by atoms with E-state index in [1.165, 1.54) is 25.5 Å². The Morgan fingerprint density at radius 1 is 1.00 bits per heavy atom. The Labute approximate surface area is 92.8 Å². The summed E-state index contributed by atoms with van der Waals surface area (Å²) in [6.45, 7) is 3.69. The summed E-state index contributed by atoms with van der Waals surface area (Å²) in [4.78, 5) is 0. The molecule has 3 nitrogen and oxygen atoms in total. The van der Waals surface area contributed by atoms with Crippen LogP contribution in [0.25, 0.3) is 0 Å². The molecule has 3 heteroatoms. The van der Waals surface area contributed by atoms with E-state index in [2.05, 4.69) is 6.58 Å². The summed E-state index contributed by atoms with van der Waals surface area (Å²) in [5.74, 6) is 0. The molecule has 0 fully saturated rings. The summed E-state index contributed by atoms with van der Waals surface area (Å²) < 4.78 is 4.79. The highest BCUT2D eigenvalue weighted by molar-refractivity contribution is 4.53. The molecule has 0 spiro atoms. The van der Waals surface area contributed by atoms with Crippen molar-refractivity contribution in [3.63, 3.8) is 0 Å². The molecule has 0 aromatic heterocycles. The van der Waals surface area contributed by atoms with Crippen LogP contribution in [0.2, 0.25) is 0 Å². The normalized spacial score (nSPS) is 12.4. The molecule has 0 radical (unpaired) electrons. The fourth-order valence-electron chi connectivity index (χ4n) is 1.49. The summed E-state index contributed by atoms with van der Waals surface area (Å²) in [6, 6.07) is 0. The van der Waals surface area contributed by atoms with Crippen LogP contribution in [0.5, 0.6) is 0 Å². The van der Waals surface area contributed by atoms with Gasteiger partial charge in [-0.3, -0.25) is 0 Å². The van der Waals surface area contributed by atoms with Crippen molar-refractivity contribution in [3.05, 3.63) is 12.8 Å². The Morgan fingerprint density at radius 3 is 2.07 bits per heavy atom. The average Bonchev–Trinajstić information content (AvgIpc) is 2.22. The summed E-state index contributed by atoms with van der Waals surface area (Å²) in [7, 11) is 0. The van der Waals surface area contributed by atoms with Gasteiger partial charge in [0.15, 0.2) is 6.29 Å². The molecule has 0 amide bonds. The van der Waals surface area contributed by atoms with E-state index >= 15 is 0 Å². The van der Waals surface area contributed by atoms with Gasteiger partial charge in [-0.2, -0.15) is 0 Å². The first-order chi connectivity index (χ1) is 7.31. The maximum atomic E-state index is 9.20. The molecule has 0 saturated heterocycles. The number of rotatable bonds is 11. The number of ether oxygens (including phenoxy) is 1. The SMILES string of the molecule is C=COC(O)CCCCCCCCCO. The standard InChI is InChI=1S/C12H24O3/c1-2-15-12(14)10-8-6-4-3-5-7-9-11-13/h2,12-14H,1,3-11H2. The van der Waals surface area contributed by atoms with Crippen LogP contribution in [-0.4, -0.2) is 23.1 Å². The van der Waals surface area contributed by atoms with Crippen molar-refractivity contribution in [1.82, 2.24) is 0 Å². The number of hydrogen-bond donors (Lipinski definition) is 2. The van der Waals surface area contributed by atoms with Crippen LogP contribution in [0.1, 0.15) is 51.4 Å². The number of aliphatic hydroxyl groups is 2. The van der Waals surface area contributed by atoms with Gasteiger partial charge in [0.05, 0.1) is 6.26 Å². The second-order valence-corrected chi connectivity index (χ2v) is 3.74. The third-order valence-corrected chi connectivity index (χ3v) is 2.36. The van der Waals surface area contributed by atoms with Gasteiger partial charge in [0, 0.05) is 13.0 Å². The monoisotopic (exact) mass is 216 g/mol. The van der Waals surface area contributed by atoms with Gasteiger partial charge < -0.3 is 14.9 Å². The zero-order chi connectivity index (χ0) is 11.4. The van der Waals surface area contributed by atoms with Crippen LogP contribution < -0.4 is 0 Å². The van der Waals surface area contributed by atoms with Crippen molar-refractivity contribution < 1.29 is 14.9 Å². The topological polar surface area (TPSA) is 49.7 Å². The Hall–Kier alpha value is -0.540. The van der Waals surface area contributed by atoms with Gasteiger partial charge in [-0.25, -0.2) is 0 Å². The summed E-state index contributed by atoms with van der Waals surface area (Å²) >= 11 is 0. The lowest BCUT2D eigenvalue weighted by atomic mass is 10.1. The zero-order valence-electron chi connectivity index (χ0n) is 9.53. The van der Waals surface area contributed by atoms with Gasteiger partial charge in [0.25, 0.3) is 0 Å². The summed E-state index contributed by atoms with van der Waals surface area (Å²) in [6.07, 6.45) is 9.08. The lowest BCUT2D eigenvalue weighted by molar-refractivity contribution is -0.0569. The second-order valence-electron chi connectivity index (χ2n) is 3.74. The highest BCUT2D eigenvalue weighted by atomic mass is 16.6. The van der Waals surface area contributed by atoms with Gasteiger partial charge in [-0.05, 0) is 12.8 Å². The molecular formula is C12H24O3. The van der Waals surface area contributed by atoms with E-state index in [9.17, 15) is 5.11 Å². The maximum absolute atomic E-state index is 9.20. The van der Waals surface area contributed by atoms with Gasteiger partial charge in [0.2, 0.25) is 0 Å². The molecule has 0 rings (SSSR count). The molecule has 0 aliphatic heterocycles. The smallest absolute Gasteiger partial charge is 0.196 e. The van der Waals surface area contributed by atoms with Crippen LogP contribution in [0, 0.1) is 0 Å². The van der Waals surface area contributed by atoms with Gasteiger partial charge >= 0.3 is 0 Å². The summed E-state index contributed by atoms with van der Waals surface area (Å²) in [5, 5.41) is 17.8. The Morgan fingerprint density at radius 2 is 1.53 bits per heavy atom. The molecule has 0 aliphatic carbocycles. The molecule has 1 atom stereocenters. The Bertz CT molecular complexity index is 137. The van der Waals surface area contributed by atoms with Crippen molar-refractivity contribution in [3.8, 4) is 0 Å². The quantitative estimate of drug-likeness (QED) is 0.317. The third kappa shape index (κ3) is 11.4. The predicted octanol–water partition coefficient (Wildman–Crippen LogP) is 2.58. The highest BCUT2D eigenvalue weighted by Crippen LogP contribution is 2.10. The molecule has 0 aromatic carbocycles. The minimum absolute atomic E-state index is 0.311. The van der Waals surface area contributed by atoms with Crippen LogP contribution in [0.15, 0.2) is 12.8 Å². The summed E-state index contributed by atoms with van der Waals surface area (Å²) in [5.41, 5.74) is 0. The fraction of sp³-hybridized carbons (Fsp3) is 0.833. The van der Waals surface area contributed by atoms with Gasteiger partial charge in [-0.15, -0.1) is 0 Å². The second kappa shape index (κ2) is 11.5. The van der Waals surface area contributed by atoms with E-state index in [0.29, 0.717) is 13.0 Å². The molecule has 0 saturated carbocycles. The van der Waals surface area contributed by atoms with Crippen LogP contribution in [-0.2, 0) is 4.74 Å². The first-order valence-electron chi connectivity index (χ1n) is 5.86. The van der Waals surface area contributed by atoms with Gasteiger partial charge in [-0.1, -0.05) is 38.7 Å². The van der Waals surface area contributed by atoms with Crippen molar-refractivity contribution in [2.24, 2.45) is 0 Å². The highest BCUT2D eigenvalue weighted by Gasteiger charge is 2.00. The number of aliphatic hydroxyl groups excluding tert-OH is 2. The molecule has 0 aliphatic rings. The fourth-order valence-corrected chi connectivity index (χ4v) is 1.49. The van der Waals surface area contributed by atoms with Crippen LogP contribution >= 0.6 is 0 Å². The number of hydrogen-bond acceptors (Lipinski definition) is 3. The molecule has 15 heavy (non-hydrogen) atoms. The average molecular weight is 216 g/mol. The number of unbranched alkanes of at least 4 members (excludes halogenated alkanes) is 6. The van der Waals surface area contributed by atoms with E-state index in [4.69, 9.17) is 9.84 Å². The van der Waals surface area contributed by atoms with Crippen LogP contribution in [0.3, 0.4) is 0 Å². The minimum Gasteiger partial charge on any atom is -0.473 e. The Kier molecular flexibility index (Phi) is 11.1. The lowest BCUT2D eigenvalue weighted by Crippen LogP contribution is -2.07. The molecule has 0 bridgehead atoms. The van der Waals surface area contributed by atoms with Crippen molar-refractivity contribution >= 4 is 0 Å². The Balaban J connectivity index is 3.01. The molecule has 0 heterocycles. The van der Waals surface area contributed by atoms with E-state index in [1.807, 2.05) is 0 Å². The van der Waals surface area contributed by atoms with Crippen molar-refractivity contribution in [2.45, 2.75) is 57.7 Å². The first-order valence-corrected chi connectivity index (χ1v) is 5.86. The minimum atomic E-state index is -0.683. The molecule has 1 unspecified atom stereocenters. The molecule has 2 N–H and O–H groups in total. The van der Waals surface area contributed by atoms with Gasteiger partial charge in [0.1, 0.15) is 0 Å².